The smallest absolute Gasteiger partial charge is 0.236 e. The lowest BCUT2D eigenvalue weighted by Gasteiger charge is -2.21. The van der Waals surface area contributed by atoms with Gasteiger partial charge in [0.1, 0.15) is 0 Å². The van der Waals surface area contributed by atoms with Crippen LogP contribution in [0.3, 0.4) is 0 Å². The maximum Gasteiger partial charge on any atom is 0.236 e. The maximum atomic E-state index is 12.7. The van der Waals surface area contributed by atoms with E-state index in [1.807, 2.05) is 24.3 Å². The van der Waals surface area contributed by atoms with Crippen molar-refractivity contribution in [1.29, 1.82) is 0 Å². The lowest BCUT2D eigenvalue weighted by molar-refractivity contribution is 0.282. The van der Waals surface area contributed by atoms with Crippen molar-refractivity contribution in [1.82, 2.24) is 15.5 Å². The number of sulfonamides is 1. The number of benzene rings is 1. The van der Waals surface area contributed by atoms with Crippen LogP contribution in [-0.2, 0) is 16.4 Å². The van der Waals surface area contributed by atoms with Gasteiger partial charge in [0, 0.05) is 26.7 Å². The molecule has 0 saturated carbocycles. The highest BCUT2D eigenvalue weighted by Crippen LogP contribution is 2.29. The molecule has 7 nitrogen and oxygen atoms in total. The number of anilines is 1. The lowest BCUT2D eigenvalue weighted by atomic mass is 10.2. The van der Waals surface area contributed by atoms with Gasteiger partial charge in [-0.05, 0) is 56.9 Å². The maximum absolute atomic E-state index is 12.7. The standard InChI is InChI=1S/C21H35N5O2S/c1-22-21(23-12-8-16-25-14-6-2-3-7-15-25)24-13-18-29(27,28)26-17-11-19-9-4-5-10-20(19)26/h4-5,9-10H,2-3,6-8,11-18H2,1H3,(H2,22,23,24). The van der Waals surface area contributed by atoms with Gasteiger partial charge >= 0.3 is 0 Å². The summed E-state index contributed by atoms with van der Waals surface area (Å²) in [5.41, 5.74) is 1.93. The zero-order valence-corrected chi connectivity index (χ0v) is 18.4. The van der Waals surface area contributed by atoms with E-state index in [4.69, 9.17) is 0 Å². The van der Waals surface area contributed by atoms with Crippen LogP contribution in [0.1, 0.15) is 37.7 Å². The van der Waals surface area contributed by atoms with Crippen molar-refractivity contribution in [2.75, 3.05) is 56.4 Å². The number of hydrogen-bond donors (Lipinski definition) is 2. The molecular formula is C21H35N5O2S. The van der Waals surface area contributed by atoms with Crippen LogP contribution in [0.4, 0.5) is 5.69 Å². The Bertz CT molecular complexity index is 773. The average molecular weight is 422 g/mol. The Labute approximate surface area is 175 Å². The first-order valence-corrected chi connectivity index (χ1v) is 12.5. The van der Waals surface area contributed by atoms with Gasteiger partial charge in [0.05, 0.1) is 11.4 Å². The summed E-state index contributed by atoms with van der Waals surface area (Å²) < 4.78 is 27.0. The second-order valence-electron chi connectivity index (χ2n) is 7.80. The van der Waals surface area contributed by atoms with E-state index in [2.05, 4.69) is 20.5 Å². The minimum absolute atomic E-state index is 0.0514. The monoisotopic (exact) mass is 421 g/mol. The van der Waals surface area contributed by atoms with E-state index in [0.29, 0.717) is 19.0 Å². The number of rotatable bonds is 8. The third-order valence-corrected chi connectivity index (χ3v) is 7.47. The molecule has 1 aromatic rings. The van der Waals surface area contributed by atoms with Crippen molar-refractivity contribution >= 4 is 21.7 Å². The molecule has 2 aliphatic rings. The Hall–Kier alpha value is -1.80. The molecule has 0 amide bonds. The van der Waals surface area contributed by atoms with Gasteiger partial charge in [-0.3, -0.25) is 9.30 Å². The van der Waals surface area contributed by atoms with Crippen LogP contribution in [0, 0.1) is 0 Å². The topological polar surface area (TPSA) is 77.0 Å². The zero-order valence-electron chi connectivity index (χ0n) is 17.6. The number of nitrogens with one attached hydrogen (secondary N) is 2. The second-order valence-corrected chi connectivity index (χ2v) is 9.81. The lowest BCUT2D eigenvalue weighted by Crippen LogP contribution is -2.42. The van der Waals surface area contributed by atoms with Crippen molar-refractivity contribution in [3.05, 3.63) is 29.8 Å². The Balaban J connectivity index is 1.37. The molecule has 2 N–H and O–H groups in total. The number of likely N-dealkylation sites (tertiary alicyclic amines) is 1. The van der Waals surface area contributed by atoms with Crippen LogP contribution in [0.25, 0.3) is 0 Å². The fourth-order valence-electron chi connectivity index (χ4n) is 4.10. The van der Waals surface area contributed by atoms with Gasteiger partial charge in [-0.1, -0.05) is 31.0 Å². The third kappa shape index (κ3) is 6.34. The summed E-state index contributed by atoms with van der Waals surface area (Å²) in [6.07, 6.45) is 7.18. The molecule has 1 saturated heterocycles. The molecule has 0 aliphatic carbocycles. The van der Waals surface area contributed by atoms with E-state index in [-0.39, 0.29) is 5.75 Å². The molecule has 0 bridgehead atoms. The minimum atomic E-state index is -3.34. The molecule has 1 aromatic carbocycles. The summed E-state index contributed by atoms with van der Waals surface area (Å²) >= 11 is 0. The second kappa shape index (κ2) is 10.8. The molecule has 0 atom stereocenters. The van der Waals surface area contributed by atoms with E-state index in [9.17, 15) is 8.42 Å². The van der Waals surface area contributed by atoms with Crippen molar-refractivity contribution in [3.63, 3.8) is 0 Å². The Morgan fingerprint density at radius 1 is 1.03 bits per heavy atom. The van der Waals surface area contributed by atoms with Crippen LogP contribution in [0.2, 0.25) is 0 Å². The van der Waals surface area contributed by atoms with Gasteiger partial charge in [-0.25, -0.2) is 8.42 Å². The molecule has 8 heteroatoms. The Morgan fingerprint density at radius 2 is 1.76 bits per heavy atom. The zero-order chi connectivity index (χ0) is 20.5. The van der Waals surface area contributed by atoms with Crippen molar-refractivity contribution in [2.45, 2.75) is 38.5 Å². The summed E-state index contributed by atoms with van der Waals surface area (Å²) in [6, 6.07) is 7.74. The number of hydrogen-bond acceptors (Lipinski definition) is 4. The molecule has 3 rings (SSSR count). The minimum Gasteiger partial charge on any atom is -0.356 e. The molecule has 2 aliphatic heterocycles. The first-order chi connectivity index (χ1) is 14.1. The van der Waals surface area contributed by atoms with Crippen molar-refractivity contribution in [2.24, 2.45) is 4.99 Å². The highest BCUT2D eigenvalue weighted by Gasteiger charge is 2.28. The average Bonchev–Trinajstić information content (AvgIpc) is 3.00. The van der Waals surface area contributed by atoms with Gasteiger partial charge in [0.25, 0.3) is 0 Å². The van der Waals surface area contributed by atoms with Gasteiger partial charge in [0.15, 0.2) is 5.96 Å². The molecule has 0 spiro atoms. The predicted molar refractivity (Wildman–Crippen MR) is 120 cm³/mol. The Morgan fingerprint density at radius 3 is 2.52 bits per heavy atom. The summed E-state index contributed by atoms with van der Waals surface area (Å²) in [5, 5.41) is 6.44. The van der Waals surface area contributed by atoms with Crippen LogP contribution in [0.15, 0.2) is 29.3 Å². The number of nitrogens with zero attached hydrogens (tertiary/aromatic N) is 3. The SMILES string of the molecule is CN=C(NCCCN1CCCCCC1)NCCS(=O)(=O)N1CCc2ccccc21. The van der Waals surface area contributed by atoms with Gasteiger partial charge < -0.3 is 15.5 Å². The molecule has 1 fully saturated rings. The van der Waals surface area contributed by atoms with E-state index in [1.54, 1.807) is 11.4 Å². The van der Waals surface area contributed by atoms with E-state index in [1.165, 1.54) is 38.8 Å². The largest absolute Gasteiger partial charge is 0.356 e. The molecule has 0 radical (unpaired) electrons. The summed E-state index contributed by atoms with van der Waals surface area (Å²) in [6.45, 7) is 5.24. The molecule has 29 heavy (non-hydrogen) atoms. The number of para-hydroxylation sites is 1. The quantitative estimate of drug-likeness (QED) is 0.380. The van der Waals surface area contributed by atoms with E-state index < -0.39 is 10.0 Å². The van der Waals surface area contributed by atoms with Gasteiger partial charge in [0.2, 0.25) is 10.0 Å². The number of aliphatic imine (C=N–C) groups is 1. The molecule has 162 valence electrons. The first-order valence-electron chi connectivity index (χ1n) is 10.9. The molecule has 0 aromatic heterocycles. The van der Waals surface area contributed by atoms with Gasteiger partial charge in [-0.15, -0.1) is 0 Å². The van der Waals surface area contributed by atoms with Gasteiger partial charge in [-0.2, -0.15) is 0 Å². The first kappa shape index (κ1) is 21.9. The van der Waals surface area contributed by atoms with Crippen molar-refractivity contribution < 1.29 is 8.42 Å². The van der Waals surface area contributed by atoms with Crippen LogP contribution in [-0.4, -0.2) is 71.3 Å². The third-order valence-electron chi connectivity index (χ3n) is 5.70. The predicted octanol–water partition coefficient (Wildman–Crippen LogP) is 1.81. The highest BCUT2D eigenvalue weighted by atomic mass is 32.2. The van der Waals surface area contributed by atoms with E-state index >= 15 is 0 Å². The number of guanidine groups is 1. The normalized spacial score (nSPS) is 18.4. The van der Waals surface area contributed by atoms with Crippen LogP contribution in [0.5, 0.6) is 0 Å². The van der Waals surface area contributed by atoms with Crippen LogP contribution < -0.4 is 14.9 Å². The molecule has 0 unspecified atom stereocenters. The fourth-order valence-corrected chi connectivity index (χ4v) is 5.52. The number of fused-ring (bicyclic) bond motifs is 1. The Kier molecular flexibility index (Phi) is 8.18. The highest BCUT2D eigenvalue weighted by molar-refractivity contribution is 7.92. The van der Waals surface area contributed by atoms with Crippen molar-refractivity contribution in [3.8, 4) is 0 Å². The summed E-state index contributed by atoms with van der Waals surface area (Å²) in [4.78, 5) is 6.76. The van der Waals surface area contributed by atoms with E-state index in [0.717, 1.165) is 37.2 Å². The molecular weight excluding hydrogens is 386 g/mol. The fraction of sp³-hybridized carbons (Fsp3) is 0.667. The molecule has 2 heterocycles. The van der Waals surface area contributed by atoms with Crippen LogP contribution >= 0.6 is 0 Å². The summed E-state index contributed by atoms with van der Waals surface area (Å²) in [5.74, 6) is 0.716. The summed E-state index contributed by atoms with van der Waals surface area (Å²) in [7, 11) is -1.62.